The molecule has 0 bridgehead atoms. The van der Waals surface area contributed by atoms with Gasteiger partial charge < -0.3 is 24.7 Å². The van der Waals surface area contributed by atoms with E-state index in [0.717, 1.165) is 0 Å². The van der Waals surface area contributed by atoms with Crippen molar-refractivity contribution in [2.45, 2.75) is 38.2 Å². The van der Waals surface area contributed by atoms with Crippen LogP contribution in [-0.2, 0) is 20.9 Å². The monoisotopic (exact) mass is 430 g/mol. The van der Waals surface area contributed by atoms with Crippen molar-refractivity contribution >= 4 is 11.6 Å². The highest BCUT2D eigenvalue weighted by molar-refractivity contribution is 6.02. The van der Waals surface area contributed by atoms with Crippen LogP contribution in [0.5, 0.6) is 0 Å². The van der Waals surface area contributed by atoms with Crippen molar-refractivity contribution in [1.29, 1.82) is 0 Å². The Kier molecular flexibility index (Phi) is 6.50. The van der Waals surface area contributed by atoms with Crippen molar-refractivity contribution in [3.05, 3.63) is 58.9 Å². The molecule has 2 aliphatic rings. The van der Waals surface area contributed by atoms with Crippen molar-refractivity contribution in [1.82, 2.24) is 15.3 Å². The van der Waals surface area contributed by atoms with E-state index in [-0.39, 0.29) is 43.0 Å². The number of rotatable bonds is 6. The van der Waals surface area contributed by atoms with E-state index in [2.05, 4.69) is 20.4 Å². The second-order valence-corrected chi connectivity index (χ2v) is 7.39. The van der Waals surface area contributed by atoms with Gasteiger partial charge >= 0.3 is 0 Å². The smallest absolute Gasteiger partial charge is 0.270 e. The molecule has 3 heterocycles. The predicted octanol–water partition coefficient (Wildman–Crippen LogP) is 1.12. The van der Waals surface area contributed by atoms with Gasteiger partial charge in [-0.3, -0.25) is 4.79 Å². The van der Waals surface area contributed by atoms with Crippen molar-refractivity contribution in [3.8, 4) is 0 Å². The minimum absolute atomic E-state index is 0.0930. The van der Waals surface area contributed by atoms with Gasteiger partial charge in [-0.1, -0.05) is 17.3 Å². The molecule has 1 fully saturated rings. The first kappa shape index (κ1) is 21.3. The number of benzene rings is 1. The topological polar surface area (TPSA) is 115 Å². The lowest BCUT2D eigenvalue weighted by atomic mass is 10.0. The molecule has 164 valence electrons. The van der Waals surface area contributed by atoms with Crippen LogP contribution >= 0.6 is 0 Å². The predicted molar refractivity (Wildman–Crippen MR) is 107 cm³/mol. The Morgan fingerprint density at radius 3 is 2.84 bits per heavy atom. The van der Waals surface area contributed by atoms with Gasteiger partial charge in [0.05, 0.1) is 25.5 Å². The summed E-state index contributed by atoms with van der Waals surface area (Å²) in [4.78, 5) is 26.7. The van der Waals surface area contributed by atoms with Crippen LogP contribution in [0.3, 0.4) is 0 Å². The Morgan fingerprint density at radius 1 is 1.23 bits per heavy atom. The van der Waals surface area contributed by atoms with E-state index in [0.29, 0.717) is 42.4 Å². The summed E-state index contributed by atoms with van der Waals surface area (Å²) in [6.07, 6.45) is -0.522. The summed E-state index contributed by atoms with van der Waals surface area (Å²) >= 11 is 0. The van der Waals surface area contributed by atoms with Crippen LogP contribution in [0.2, 0.25) is 0 Å². The number of aliphatic hydroxyl groups is 1. The van der Waals surface area contributed by atoms with Gasteiger partial charge in [-0.25, -0.2) is 14.4 Å². The quantitative estimate of drug-likeness (QED) is 0.706. The second kappa shape index (κ2) is 9.46. The second-order valence-electron chi connectivity index (χ2n) is 7.39. The summed E-state index contributed by atoms with van der Waals surface area (Å²) in [6, 6.07) is 7.58. The molecule has 1 aromatic heterocycles. The van der Waals surface area contributed by atoms with E-state index < -0.39 is 5.91 Å². The number of halogens is 1. The molecule has 9 nitrogen and oxygen atoms in total. The zero-order chi connectivity index (χ0) is 21.8. The number of amides is 1. The van der Waals surface area contributed by atoms with Gasteiger partial charge in [-0.05, 0) is 30.7 Å². The first-order valence-corrected chi connectivity index (χ1v) is 9.97. The van der Waals surface area contributed by atoms with Crippen molar-refractivity contribution in [3.63, 3.8) is 0 Å². The van der Waals surface area contributed by atoms with Crippen molar-refractivity contribution in [2.75, 3.05) is 19.8 Å². The molecule has 4 rings (SSSR count). The Morgan fingerprint density at radius 2 is 2.10 bits per heavy atom. The number of hydrogen-bond acceptors (Lipinski definition) is 8. The number of aryl methyl sites for hydroxylation is 1. The summed E-state index contributed by atoms with van der Waals surface area (Å²) < 4.78 is 24.5. The molecule has 0 spiro atoms. The van der Waals surface area contributed by atoms with Crippen molar-refractivity contribution < 1.29 is 28.6 Å². The number of aliphatic hydroxyl groups excluding tert-OH is 1. The van der Waals surface area contributed by atoms with Crippen LogP contribution < -0.4 is 5.32 Å². The van der Waals surface area contributed by atoms with Crippen LogP contribution in [0.25, 0.3) is 0 Å². The lowest BCUT2D eigenvalue weighted by molar-refractivity contribution is -0.178. The fraction of sp³-hybridized carbons (Fsp3) is 0.429. The molecule has 0 radical (unpaired) electrons. The summed E-state index contributed by atoms with van der Waals surface area (Å²) in [5.41, 5.74) is 1.92. The average Bonchev–Trinajstić information content (AvgIpc) is 3.27. The van der Waals surface area contributed by atoms with E-state index in [1.165, 1.54) is 12.1 Å². The number of oxime groups is 1. The third-order valence-electron chi connectivity index (χ3n) is 5.01. The number of carbonyl (C=O) groups is 1. The SMILES string of the molecule is Cc1nc(C(=O)NCc2cccc(F)c2)cc(C2=NO[C@@H]([C@H]3CO[C@H](CO)CO3)C2)n1. The molecule has 31 heavy (non-hydrogen) atoms. The summed E-state index contributed by atoms with van der Waals surface area (Å²) in [7, 11) is 0. The minimum atomic E-state index is -0.397. The van der Waals surface area contributed by atoms with Gasteiger partial charge in [-0.15, -0.1) is 0 Å². The third kappa shape index (κ3) is 5.22. The molecular weight excluding hydrogens is 407 g/mol. The van der Waals surface area contributed by atoms with E-state index in [1.807, 2.05) is 0 Å². The fourth-order valence-electron chi connectivity index (χ4n) is 3.38. The maximum atomic E-state index is 13.3. The maximum absolute atomic E-state index is 13.3. The zero-order valence-electron chi connectivity index (χ0n) is 17.0. The van der Waals surface area contributed by atoms with Gasteiger partial charge in [-0.2, -0.15) is 0 Å². The van der Waals surface area contributed by atoms with E-state index in [9.17, 15) is 9.18 Å². The molecular formula is C21H23FN4O5. The summed E-state index contributed by atoms with van der Waals surface area (Å²) in [6.45, 7) is 2.36. The molecule has 10 heteroatoms. The molecule has 0 aliphatic carbocycles. The first-order chi connectivity index (χ1) is 15.0. The van der Waals surface area contributed by atoms with Crippen LogP contribution in [-0.4, -0.2) is 64.8 Å². The number of nitrogens with one attached hydrogen (secondary N) is 1. The molecule has 2 aliphatic heterocycles. The molecule has 1 saturated heterocycles. The van der Waals surface area contributed by atoms with E-state index in [4.69, 9.17) is 19.4 Å². The first-order valence-electron chi connectivity index (χ1n) is 9.97. The van der Waals surface area contributed by atoms with Gasteiger partial charge in [0.2, 0.25) is 0 Å². The van der Waals surface area contributed by atoms with Crippen LogP contribution in [0.15, 0.2) is 35.5 Å². The van der Waals surface area contributed by atoms with E-state index >= 15 is 0 Å². The Labute approximate surface area is 178 Å². The van der Waals surface area contributed by atoms with Gasteiger partial charge in [0.15, 0.2) is 6.10 Å². The van der Waals surface area contributed by atoms with E-state index in [1.54, 1.807) is 25.1 Å². The Hall–Kier alpha value is -2.95. The van der Waals surface area contributed by atoms with Crippen molar-refractivity contribution in [2.24, 2.45) is 5.16 Å². The van der Waals surface area contributed by atoms with Gasteiger partial charge in [0.25, 0.3) is 5.91 Å². The number of ether oxygens (including phenoxy) is 2. The van der Waals surface area contributed by atoms with Gasteiger partial charge in [0, 0.05) is 13.0 Å². The highest BCUT2D eigenvalue weighted by Crippen LogP contribution is 2.23. The lowest BCUT2D eigenvalue weighted by Gasteiger charge is -2.30. The summed E-state index contributed by atoms with van der Waals surface area (Å²) in [5, 5.41) is 16.0. The third-order valence-corrected chi connectivity index (χ3v) is 5.01. The summed E-state index contributed by atoms with van der Waals surface area (Å²) in [5.74, 6) is -0.339. The molecule has 2 N–H and O–H groups in total. The highest BCUT2D eigenvalue weighted by atomic mass is 19.1. The molecule has 0 saturated carbocycles. The zero-order valence-corrected chi connectivity index (χ0v) is 17.0. The molecule has 2 aromatic rings. The molecule has 0 unspecified atom stereocenters. The normalized spacial score (nSPS) is 23.2. The number of aromatic nitrogens is 2. The molecule has 1 amide bonds. The van der Waals surface area contributed by atoms with Gasteiger partial charge in [0.1, 0.15) is 35.3 Å². The largest absolute Gasteiger partial charge is 0.394 e. The Balaban J connectivity index is 1.39. The minimum Gasteiger partial charge on any atom is -0.394 e. The number of hydrogen-bond donors (Lipinski definition) is 2. The highest BCUT2D eigenvalue weighted by Gasteiger charge is 2.35. The molecule has 3 atom stereocenters. The Bertz CT molecular complexity index is 978. The van der Waals surface area contributed by atoms with Crippen LogP contribution in [0, 0.1) is 12.7 Å². The van der Waals surface area contributed by atoms with Crippen LogP contribution in [0.1, 0.15) is 34.0 Å². The standard InChI is InChI=1S/C21H23FN4O5/c1-12-24-16(17-7-19(31-26-17)20-11-29-15(9-27)10-30-20)6-18(25-12)21(28)23-8-13-3-2-4-14(22)5-13/h2-6,15,19-20,27H,7-11H2,1H3,(H,23,28)/t15-,19-,20-/m1/s1. The maximum Gasteiger partial charge on any atom is 0.270 e. The average molecular weight is 430 g/mol. The number of nitrogens with zero attached hydrogens (tertiary/aromatic N) is 3. The lowest BCUT2D eigenvalue weighted by Crippen LogP contribution is -2.43. The number of carbonyl (C=O) groups excluding carboxylic acids is 1. The van der Waals surface area contributed by atoms with Crippen LogP contribution in [0.4, 0.5) is 4.39 Å². The fourth-order valence-corrected chi connectivity index (χ4v) is 3.38. The molecule has 1 aromatic carbocycles.